The molecule has 4 rings (SSSR count). The standard InChI is InChI=1S/C41H69N9O11/c1-37(2,3)58-33(51)25(47-35(53)60-39(7,8)9)17-19-49(18-16-24(46-34(52)59-38(4,5)6)20-48(15)36(54)61-40(10,11)12)21-26-28-29(57-41(13,14)56-28)32(55-26)50-23-45-27-30(42)43-22-44-31(27)50/h22-26,28-29,32H,16-21H2,1-15H3,(H,46,52)(H,47,53)(H2,42,43,44)/t24-,25?,26-,28-,29-,32-/m1/s1. The number of likely N-dealkylation sites (N-methyl/N-ethyl adjacent to an activating group) is 1. The van der Waals surface area contributed by atoms with Crippen molar-refractivity contribution in [3.05, 3.63) is 12.7 Å². The topological polar surface area (TPSA) is 233 Å². The van der Waals surface area contributed by atoms with Gasteiger partial charge in [0.2, 0.25) is 0 Å². The maximum absolute atomic E-state index is 13.6. The van der Waals surface area contributed by atoms with Crippen LogP contribution in [0.1, 0.15) is 116 Å². The summed E-state index contributed by atoms with van der Waals surface area (Å²) >= 11 is 0. The molecule has 344 valence electrons. The van der Waals surface area contributed by atoms with E-state index in [-0.39, 0.29) is 31.9 Å². The van der Waals surface area contributed by atoms with E-state index in [1.165, 1.54) is 11.2 Å². The fourth-order valence-corrected chi connectivity index (χ4v) is 6.79. The van der Waals surface area contributed by atoms with Gasteiger partial charge in [0.25, 0.3) is 0 Å². The average molecular weight is 864 g/mol. The van der Waals surface area contributed by atoms with Crippen molar-refractivity contribution < 1.29 is 52.3 Å². The zero-order chi connectivity index (χ0) is 45.9. The first kappa shape index (κ1) is 49.1. The molecule has 0 spiro atoms. The predicted molar refractivity (Wildman–Crippen MR) is 224 cm³/mol. The molecule has 1 unspecified atom stereocenters. The number of amides is 3. The van der Waals surface area contributed by atoms with Crippen molar-refractivity contribution >= 4 is 41.2 Å². The quantitative estimate of drug-likeness (QED) is 0.169. The van der Waals surface area contributed by atoms with Gasteiger partial charge >= 0.3 is 24.2 Å². The SMILES string of the molecule is CN(C[C@@H](CCN(CCC(NC(=O)OC(C)(C)C)C(=O)OC(C)(C)C)C[C@H]1O[C@@H](n2cnc3c(N)ncnc32)[C@@H]2OC(C)(C)O[C@@H]21)NC(=O)OC(C)(C)C)C(=O)OC(C)(C)C. The fourth-order valence-electron chi connectivity index (χ4n) is 6.79. The lowest BCUT2D eigenvalue weighted by atomic mass is 10.1. The van der Waals surface area contributed by atoms with Crippen molar-refractivity contribution in [2.75, 3.05) is 39.0 Å². The van der Waals surface area contributed by atoms with Gasteiger partial charge in [-0.05, 0) is 110 Å². The number of anilines is 1. The molecule has 20 heteroatoms. The highest BCUT2D eigenvalue weighted by Crippen LogP contribution is 2.44. The summed E-state index contributed by atoms with van der Waals surface area (Å²) in [5.74, 6) is -1.38. The number of carbonyl (C=O) groups excluding carboxylic acids is 4. The van der Waals surface area contributed by atoms with Crippen LogP contribution in [0.5, 0.6) is 0 Å². The second-order valence-electron chi connectivity index (χ2n) is 20.0. The second kappa shape index (κ2) is 18.8. The molecule has 4 N–H and O–H groups in total. The Hall–Kier alpha value is -4.53. The first-order chi connectivity index (χ1) is 27.9. The van der Waals surface area contributed by atoms with Crippen molar-refractivity contribution in [3.63, 3.8) is 0 Å². The van der Waals surface area contributed by atoms with Gasteiger partial charge in [-0.25, -0.2) is 34.1 Å². The number of esters is 1. The van der Waals surface area contributed by atoms with Crippen LogP contribution in [0.25, 0.3) is 11.2 Å². The highest BCUT2D eigenvalue weighted by atomic mass is 16.8. The van der Waals surface area contributed by atoms with Crippen LogP contribution in [0.2, 0.25) is 0 Å². The van der Waals surface area contributed by atoms with Gasteiger partial charge in [0.05, 0.1) is 12.4 Å². The van der Waals surface area contributed by atoms with Gasteiger partial charge in [-0.3, -0.25) is 4.57 Å². The molecule has 61 heavy (non-hydrogen) atoms. The molecule has 2 aliphatic heterocycles. The zero-order valence-electron chi connectivity index (χ0n) is 38.6. The Kier molecular flexibility index (Phi) is 15.2. The van der Waals surface area contributed by atoms with Gasteiger partial charge in [0.15, 0.2) is 23.5 Å². The molecule has 0 saturated carbocycles. The highest BCUT2D eigenvalue weighted by Gasteiger charge is 2.56. The fraction of sp³-hybridized carbons (Fsp3) is 0.780. The van der Waals surface area contributed by atoms with E-state index in [9.17, 15) is 19.2 Å². The Balaban J connectivity index is 1.67. The molecule has 2 saturated heterocycles. The minimum atomic E-state index is -1.09. The number of hydrogen-bond donors (Lipinski definition) is 3. The number of nitrogens with one attached hydrogen (secondary N) is 2. The predicted octanol–water partition coefficient (Wildman–Crippen LogP) is 4.90. The third kappa shape index (κ3) is 15.1. The third-order valence-electron chi connectivity index (χ3n) is 9.06. The first-order valence-corrected chi connectivity index (χ1v) is 20.7. The minimum absolute atomic E-state index is 0.0826. The van der Waals surface area contributed by atoms with Crippen LogP contribution in [-0.2, 0) is 38.0 Å². The Bertz CT molecular complexity index is 1840. The van der Waals surface area contributed by atoms with E-state index < -0.39 is 89.1 Å². The number of fused-ring (bicyclic) bond motifs is 2. The zero-order valence-corrected chi connectivity index (χ0v) is 38.6. The lowest BCUT2D eigenvalue weighted by Gasteiger charge is -2.33. The van der Waals surface area contributed by atoms with Gasteiger partial charge < -0.3 is 59.3 Å². The summed E-state index contributed by atoms with van der Waals surface area (Å²) in [7, 11) is 1.59. The summed E-state index contributed by atoms with van der Waals surface area (Å²) in [6.45, 7) is 25.5. The molecular formula is C41H69N9O11. The summed E-state index contributed by atoms with van der Waals surface area (Å²) in [6.07, 6.45) is -1.12. The van der Waals surface area contributed by atoms with Gasteiger partial charge in [0, 0.05) is 33.2 Å². The van der Waals surface area contributed by atoms with E-state index in [0.29, 0.717) is 24.1 Å². The number of carbonyl (C=O) groups is 4. The first-order valence-electron chi connectivity index (χ1n) is 20.7. The van der Waals surface area contributed by atoms with Gasteiger partial charge in [0.1, 0.15) is 58.6 Å². The monoisotopic (exact) mass is 864 g/mol. The van der Waals surface area contributed by atoms with Gasteiger partial charge in [-0.2, -0.15) is 0 Å². The molecule has 0 aromatic carbocycles. The number of aromatic nitrogens is 4. The molecule has 20 nitrogen and oxygen atoms in total. The van der Waals surface area contributed by atoms with Crippen LogP contribution in [0.3, 0.4) is 0 Å². The number of ether oxygens (including phenoxy) is 7. The largest absolute Gasteiger partial charge is 0.458 e. The molecule has 3 amide bonds. The molecule has 0 bridgehead atoms. The van der Waals surface area contributed by atoms with Crippen molar-refractivity contribution in [2.45, 2.75) is 175 Å². The van der Waals surface area contributed by atoms with Crippen LogP contribution in [0, 0.1) is 0 Å². The lowest BCUT2D eigenvalue weighted by molar-refractivity contribution is -0.198. The van der Waals surface area contributed by atoms with Crippen LogP contribution in [-0.4, -0.2) is 145 Å². The molecule has 0 radical (unpaired) electrons. The average Bonchev–Trinajstić information content (AvgIpc) is 3.73. The number of nitrogens with zero attached hydrogens (tertiary/aromatic N) is 6. The van der Waals surface area contributed by atoms with Crippen LogP contribution < -0.4 is 16.4 Å². The molecule has 4 heterocycles. The molecule has 0 aliphatic carbocycles. The number of rotatable bonds is 14. The molecule has 2 aromatic rings. The Morgan fingerprint density at radius 1 is 0.803 bits per heavy atom. The van der Waals surface area contributed by atoms with Crippen molar-refractivity contribution in [1.29, 1.82) is 0 Å². The maximum atomic E-state index is 13.6. The molecule has 2 aliphatic rings. The smallest absolute Gasteiger partial charge is 0.410 e. The Morgan fingerprint density at radius 2 is 1.36 bits per heavy atom. The summed E-state index contributed by atoms with van der Waals surface area (Å²) < 4.78 is 43.8. The van der Waals surface area contributed by atoms with Gasteiger partial charge in [-0.15, -0.1) is 0 Å². The summed E-state index contributed by atoms with van der Waals surface area (Å²) in [5, 5.41) is 5.64. The van der Waals surface area contributed by atoms with Crippen LogP contribution in [0.15, 0.2) is 12.7 Å². The number of hydrogen-bond acceptors (Lipinski definition) is 16. The molecule has 2 fully saturated rings. The van der Waals surface area contributed by atoms with E-state index >= 15 is 0 Å². The summed E-state index contributed by atoms with van der Waals surface area (Å²) in [5.41, 5.74) is 3.81. The summed E-state index contributed by atoms with van der Waals surface area (Å²) in [4.78, 5) is 69.3. The van der Waals surface area contributed by atoms with E-state index in [0.717, 1.165) is 0 Å². The second-order valence-corrected chi connectivity index (χ2v) is 20.0. The molecule has 6 atom stereocenters. The third-order valence-corrected chi connectivity index (χ3v) is 9.06. The number of nitrogen functional groups attached to an aromatic ring is 1. The summed E-state index contributed by atoms with van der Waals surface area (Å²) in [6, 6.07) is -1.71. The maximum Gasteiger partial charge on any atom is 0.410 e. The molecule has 2 aromatic heterocycles. The van der Waals surface area contributed by atoms with Crippen molar-refractivity contribution in [2.24, 2.45) is 0 Å². The van der Waals surface area contributed by atoms with E-state index in [1.54, 1.807) is 101 Å². The Morgan fingerprint density at radius 3 is 1.95 bits per heavy atom. The van der Waals surface area contributed by atoms with Gasteiger partial charge in [-0.1, -0.05) is 0 Å². The molecular weight excluding hydrogens is 795 g/mol. The van der Waals surface area contributed by atoms with E-state index in [2.05, 4.69) is 25.6 Å². The van der Waals surface area contributed by atoms with E-state index in [1.807, 2.05) is 18.7 Å². The number of nitrogens with two attached hydrogens (primary N) is 1. The normalized spacial score (nSPS) is 21.4. The van der Waals surface area contributed by atoms with Crippen LogP contribution in [0.4, 0.5) is 20.2 Å². The Labute approximate surface area is 359 Å². The van der Waals surface area contributed by atoms with Crippen molar-refractivity contribution in [3.8, 4) is 0 Å². The lowest BCUT2D eigenvalue weighted by Crippen LogP contribution is -2.50. The number of imidazole rings is 1. The van der Waals surface area contributed by atoms with Crippen LogP contribution >= 0.6 is 0 Å². The minimum Gasteiger partial charge on any atom is -0.458 e. The number of alkyl carbamates (subject to hydrolysis) is 2. The van der Waals surface area contributed by atoms with Crippen molar-refractivity contribution in [1.82, 2.24) is 40.0 Å². The highest BCUT2D eigenvalue weighted by molar-refractivity contribution is 5.82. The van der Waals surface area contributed by atoms with E-state index in [4.69, 9.17) is 38.9 Å².